The second kappa shape index (κ2) is 4.57. The molecule has 0 aromatic rings. The van der Waals surface area contributed by atoms with Gasteiger partial charge in [-0.05, 0) is 73.6 Å². The first-order chi connectivity index (χ1) is 10.2. The number of allylic oxidation sites excluding steroid dienone is 6. The van der Waals surface area contributed by atoms with Crippen molar-refractivity contribution in [3.63, 3.8) is 0 Å². The van der Waals surface area contributed by atoms with Gasteiger partial charge in [0, 0.05) is 0 Å². The minimum atomic E-state index is -0.203. The van der Waals surface area contributed by atoms with Crippen molar-refractivity contribution >= 4 is 23.5 Å². The van der Waals surface area contributed by atoms with E-state index in [4.69, 9.17) is 0 Å². The molecule has 3 rings (SSSR count). The largest absolute Gasteiger partial charge is 0.192 e. The van der Waals surface area contributed by atoms with Gasteiger partial charge in [0.1, 0.15) is 12.1 Å². The summed E-state index contributed by atoms with van der Waals surface area (Å²) in [5.74, 6) is 0. The topological polar surface area (TPSA) is 47.6 Å². The maximum absolute atomic E-state index is 9.77. The number of nitriles is 2. The number of fused-ring (bicyclic) bond motifs is 3. The molecule has 2 atom stereocenters. The number of nitrogens with zero attached hydrogens (tertiary/aromatic N) is 2. The Kier molecular flexibility index (Phi) is 3.23. The smallest absolute Gasteiger partial charge is 0.101 e. The van der Waals surface area contributed by atoms with Crippen molar-refractivity contribution in [2.45, 2.75) is 51.0 Å². The second-order valence-electron chi connectivity index (χ2n) is 6.36. The SMILES string of the molecule is CC1=C(C)C2=C(C#N)C(C#N)=C3C(C)=C(C)S[C@@]3(C)[C@]2(C)S1. The lowest BCUT2D eigenvalue weighted by molar-refractivity contribution is 0.603. The molecule has 0 saturated carbocycles. The van der Waals surface area contributed by atoms with Gasteiger partial charge in [0.15, 0.2) is 0 Å². The minimum absolute atomic E-state index is 0.203. The zero-order chi connectivity index (χ0) is 16.4. The van der Waals surface area contributed by atoms with Crippen LogP contribution in [0.2, 0.25) is 0 Å². The zero-order valence-electron chi connectivity index (χ0n) is 13.7. The molecule has 22 heavy (non-hydrogen) atoms. The predicted molar refractivity (Wildman–Crippen MR) is 94.0 cm³/mol. The molecule has 0 unspecified atom stereocenters. The van der Waals surface area contributed by atoms with E-state index in [1.165, 1.54) is 21.0 Å². The molecule has 2 aliphatic heterocycles. The highest BCUT2D eigenvalue weighted by Crippen LogP contribution is 2.69. The molecule has 0 saturated heterocycles. The summed E-state index contributed by atoms with van der Waals surface area (Å²) >= 11 is 3.70. The third-order valence-corrected chi connectivity index (χ3v) is 8.75. The summed E-state index contributed by atoms with van der Waals surface area (Å²) in [5, 5.41) is 19.5. The van der Waals surface area contributed by atoms with Gasteiger partial charge in [-0.15, -0.1) is 23.5 Å². The third-order valence-electron chi connectivity index (χ3n) is 5.36. The molecule has 0 fully saturated rings. The van der Waals surface area contributed by atoms with E-state index < -0.39 is 0 Å². The van der Waals surface area contributed by atoms with Gasteiger partial charge < -0.3 is 0 Å². The maximum Gasteiger partial charge on any atom is 0.101 e. The average molecular weight is 326 g/mol. The highest BCUT2D eigenvalue weighted by atomic mass is 32.2. The van der Waals surface area contributed by atoms with Crippen LogP contribution in [-0.4, -0.2) is 9.49 Å². The normalized spacial score (nSPS) is 34.0. The van der Waals surface area contributed by atoms with Crippen molar-refractivity contribution in [3.8, 4) is 12.1 Å². The standard InChI is InChI=1S/C18H18N2S2/c1-9-11(3)21-17(5)15(9)13(7-19)14(8-20)16-10(2)12(4)22-18(16,17)6/h1-6H3/t17-,18-/m1/s1. The molecule has 0 aromatic heterocycles. The van der Waals surface area contributed by atoms with Crippen LogP contribution in [0.3, 0.4) is 0 Å². The summed E-state index contributed by atoms with van der Waals surface area (Å²) in [4.78, 5) is 2.51. The lowest BCUT2D eigenvalue weighted by Gasteiger charge is -2.46. The van der Waals surface area contributed by atoms with Crippen LogP contribution >= 0.6 is 23.5 Å². The van der Waals surface area contributed by atoms with Crippen molar-refractivity contribution in [1.29, 1.82) is 10.5 Å². The summed E-state index contributed by atoms with van der Waals surface area (Å²) in [7, 11) is 0. The quantitative estimate of drug-likeness (QED) is 0.611. The Bertz CT molecular complexity index is 756. The lowest BCUT2D eigenvalue weighted by atomic mass is 9.68. The van der Waals surface area contributed by atoms with E-state index in [-0.39, 0.29) is 9.49 Å². The van der Waals surface area contributed by atoms with Crippen LogP contribution < -0.4 is 0 Å². The first kappa shape index (κ1) is 15.5. The Labute approximate surface area is 140 Å². The predicted octanol–water partition coefficient (Wildman–Crippen LogP) is 5.24. The van der Waals surface area contributed by atoms with E-state index in [9.17, 15) is 10.5 Å². The number of rotatable bonds is 0. The number of hydrogen-bond donors (Lipinski definition) is 0. The van der Waals surface area contributed by atoms with Crippen LogP contribution in [0, 0.1) is 22.7 Å². The van der Waals surface area contributed by atoms with E-state index in [0.29, 0.717) is 11.1 Å². The Balaban J connectivity index is 2.47. The molecular formula is C18H18N2S2. The molecule has 2 nitrogen and oxygen atoms in total. The molecule has 2 heterocycles. The van der Waals surface area contributed by atoms with Crippen molar-refractivity contribution in [3.05, 3.63) is 43.2 Å². The molecule has 0 aromatic carbocycles. The van der Waals surface area contributed by atoms with E-state index >= 15 is 0 Å². The molecular weight excluding hydrogens is 308 g/mol. The Hall–Kier alpha value is -1.36. The van der Waals surface area contributed by atoms with Crippen LogP contribution in [0.5, 0.6) is 0 Å². The molecule has 0 amide bonds. The average Bonchev–Trinajstić information content (AvgIpc) is 2.83. The molecule has 112 valence electrons. The molecule has 1 aliphatic carbocycles. The third kappa shape index (κ3) is 1.53. The Morgan fingerprint density at radius 1 is 0.727 bits per heavy atom. The van der Waals surface area contributed by atoms with E-state index in [0.717, 1.165) is 11.1 Å². The monoisotopic (exact) mass is 326 g/mol. The van der Waals surface area contributed by atoms with Crippen molar-refractivity contribution in [1.82, 2.24) is 0 Å². The fraction of sp³-hybridized carbons (Fsp3) is 0.444. The van der Waals surface area contributed by atoms with Gasteiger partial charge in [0.2, 0.25) is 0 Å². The fourth-order valence-corrected chi connectivity index (χ4v) is 7.23. The van der Waals surface area contributed by atoms with Crippen LogP contribution in [0.1, 0.15) is 41.5 Å². The van der Waals surface area contributed by atoms with Crippen LogP contribution in [-0.2, 0) is 0 Å². The van der Waals surface area contributed by atoms with E-state index in [1.807, 2.05) is 23.5 Å². The summed E-state index contributed by atoms with van der Waals surface area (Å²) in [6.07, 6.45) is 0. The van der Waals surface area contributed by atoms with Crippen LogP contribution in [0.15, 0.2) is 43.2 Å². The van der Waals surface area contributed by atoms with E-state index in [1.54, 1.807) is 0 Å². The zero-order valence-corrected chi connectivity index (χ0v) is 15.3. The first-order valence-corrected chi connectivity index (χ1v) is 8.90. The van der Waals surface area contributed by atoms with Crippen molar-refractivity contribution in [2.75, 3.05) is 0 Å². The fourth-order valence-electron chi connectivity index (χ4n) is 3.93. The molecule has 4 heteroatoms. The first-order valence-electron chi connectivity index (χ1n) is 7.26. The minimum Gasteiger partial charge on any atom is -0.192 e. The number of thioether (sulfide) groups is 2. The van der Waals surface area contributed by atoms with Gasteiger partial charge in [-0.2, -0.15) is 10.5 Å². The number of hydrogen-bond acceptors (Lipinski definition) is 4. The van der Waals surface area contributed by atoms with E-state index in [2.05, 4.69) is 53.7 Å². The van der Waals surface area contributed by atoms with Crippen molar-refractivity contribution in [2.24, 2.45) is 0 Å². The van der Waals surface area contributed by atoms with Crippen LogP contribution in [0.25, 0.3) is 0 Å². The summed E-state index contributed by atoms with van der Waals surface area (Å²) < 4.78 is -0.406. The molecule has 0 spiro atoms. The second-order valence-corrected chi connectivity index (χ2v) is 9.62. The van der Waals surface area contributed by atoms with Crippen LogP contribution in [0.4, 0.5) is 0 Å². The highest BCUT2D eigenvalue weighted by molar-refractivity contribution is 8.09. The summed E-state index contributed by atoms with van der Waals surface area (Å²) in [6.45, 7) is 12.9. The molecule has 0 N–H and O–H groups in total. The lowest BCUT2D eigenvalue weighted by Crippen LogP contribution is -2.48. The van der Waals surface area contributed by atoms with Gasteiger partial charge in [-0.25, -0.2) is 0 Å². The van der Waals surface area contributed by atoms with Gasteiger partial charge in [0.05, 0.1) is 20.6 Å². The summed E-state index contributed by atoms with van der Waals surface area (Å²) in [5.41, 5.74) is 5.62. The molecule has 0 bridgehead atoms. The Morgan fingerprint density at radius 2 is 1.05 bits per heavy atom. The van der Waals surface area contributed by atoms with Gasteiger partial charge in [0.25, 0.3) is 0 Å². The Morgan fingerprint density at radius 3 is 1.32 bits per heavy atom. The molecule has 0 radical (unpaired) electrons. The van der Waals surface area contributed by atoms with Gasteiger partial charge >= 0.3 is 0 Å². The summed E-state index contributed by atoms with van der Waals surface area (Å²) in [6, 6.07) is 4.68. The highest BCUT2D eigenvalue weighted by Gasteiger charge is 2.60. The van der Waals surface area contributed by atoms with Gasteiger partial charge in [-0.3, -0.25) is 0 Å². The van der Waals surface area contributed by atoms with Crippen molar-refractivity contribution < 1.29 is 0 Å². The van der Waals surface area contributed by atoms with Gasteiger partial charge in [-0.1, -0.05) is 0 Å². The molecule has 3 aliphatic rings. The maximum atomic E-state index is 9.77.